The number of carbonyl (C=O) groups is 1. The van der Waals surface area contributed by atoms with E-state index in [1.165, 1.54) is 19.1 Å². The van der Waals surface area contributed by atoms with Gasteiger partial charge in [-0.2, -0.15) is 23.7 Å². The minimum atomic E-state index is -4.48. The summed E-state index contributed by atoms with van der Waals surface area (Å²) in [6, 6.07) is 2.98. The molecule has 17 heavy (non-hydrogen) atoms. The van der Waals surface area contributed by atoms with E-state index in [1.54, 1.807) is 0 Å². The van der Waals surface area contributed by atoms with Crippen molar-refractivity contribution in [2.45, 2.75) is 25.9 Å². The van der Waals surface area contributed by atoms with Gasteiger partial charge in [0.05, 0.1) is 25.2 Å². The molecule has 0 bridgehead atoms. The average Bonchev–Trinajstić information content (AvgIpc) is 2.28. The van der Waals surface area contributed by atoms with Crippen LogP contribution in [0, 0.1) is 34.0 Å². The summed E-state index contributed by atoms with van der Waals surface area (Å²) < 4.78 is 40.5. The van der Waals surface area contributed by atoms with Crippen LogP contribution >= 0.6 is 0 Å². The third-order valence-corrected chi connectivity index (χ3v) is 2.50. The minimum Gasteiger partial charge on any atom is -0.469 e. The van der Waals surface area contributed by atoms with Crippen LogP contribution in [0.2, 0.25) is 0 Å². The molecular formula is C10H11F3N2O2. The van der Waals surface area contributed by atoms with Gasteiger partial charge in [0.15, 0.2) is 5.41 Å². The number of nitriles is 2. The second-order valence-corrected chi connectivity index (χ2v) is 3.55. The summed E-state index contributed by atoms with van der Waals surface area (Å²) in [5, 5.41) is 17.7. The number of rotatable bonds is 4. The lowest BCUT2D eigenvalue weighted by Crippen LogP contribution is -2.33. The van der Waals surface area contributed by atoms with Gasteiger partial charge in [-0.25, -0.2) is 0 Å². The molecule has 0 fully saturated rings. The SMILES string of the molecule is COC(=O)C(C)C(C#N)(C#N)CCC(F)(F)F. The Morgan fingerprint density at radius 1 is 1.29 bits per heavy atom. The molecule has 0 radical (unpaired) electrons. The molecule has 0 spiro atoms. The highest BCUT2D eigenvalue weighted by Gasteiger charge is 2.44. The molecule has 94 valence electrons. The van der Waals surface area contributed by atoms with E-state index in [4.69, 9.17) is 10.5 Å². The van der Waals surface area contributed by atoms with Crippen LogP contribution in [-0.4, -0.2) is 19.3 Å². The van der Waals surface area contributed by atoms with Gasteiger partial charge in [0.2, 0.25) is 0 Å². The summed E-state index contributed by atoms with van der Waals surface area (Å²) in [6.07, 6.45) is -6.52. The minimum absolute atomic E-state index is 0.750. The number of carbonyl (C=O) groups excluding carboxylic acids is 1. The van der Waals surface area contributed by atoms with Crippen LogP contribution < -0.4 is 0 Å². The summed E-state index contributed by atoms with van der Waals surface area (Å²) in [5.74, 6) is -2.11. The monoisotopic (exact) mass is 248 g/mol. The first-order chi connectivity index (χ1) is 7.72. The molecule has 4 nitrogen and oxygen atoms in total. The lowest BCUT2D eigenvalue weighted by molar-refractivity contribution is -0.151. The van der Waals surface area contributed by atoms with Crippen molar-refractivity contribution < 1.29 is 22.7 Å². The Morgan fingerprint density at radius 3 is 2.06 bits per heavy atom. The standard InChI is InChI=1S/C10H11F3N2O2/c1-7(8(16)17-2)9(5-14,6-15)3-4-10(11,12)13/h7H,3-4H2,1-2H3. The van der Waals surface area contributed by atoms with Crippen LogP contribution in [0.1, 0.15) is 19.8 Å². The van der Waals surface area contributed by atoms with Gasteiger partial charge in [0.25, 0.3) is 0 Å². The van der Waals surface area contributed by atoms with Crippen molar-refractivity contribution in [2.24, 2.45) is 11.3 Å². The van der Waals surface area contributed by atoms with E-state index in [9.17, 15) is 18.0 Å². The van der Waals surface area contributed by atoms with Gasteiger partial charge in [-0.1, -0.05) is 0 Å². The van der Waals surface area contributed by atoms with Gasteiger partial charge >= 0.3 is 12.1 Å². The van der Waals surface area contributed by atoms with Crippen molar-refractivity contribution in [2.75, 3.05) is 7.11 Å². The molecule has 1 atom stereocenters. The van der Waals surface area contributed by atoms with Crippen LogP contribution in [0.25, 0.3) is 0 Å². The summed E-state index contributed by atoms with van der Waals surface area (Å²) in [4.78, 5) is 11.2. The zero-order valence-electron chi connectivity index (χ0n) is 9.34. The van der Waals surface area contributed by atoms with Crippen LogP contribution in [-0.2, 0) is 9.53 Å². The molecule has 0 saturated carbocycles. The summed E-state index contributed by atoms with van der Waals surface area (Å²) in [6.45, 7) is 1.20. The van der Waals surface area contributed by atoms with Gasteiger partial charge in [0, 0.05) is 6.42 Å². The predicted molar refractivity (Wildman–Crippen MR) is 50.1 cm³/mol. The van der Waals surface area contributed by atoms with E-state index in [-0.39, 0.29) is 0 Å². The first kappa shape index (κ1) is 15.2. The Labute approximate surface area is 96.6 Å². The second kappa shape index (κ2) is 5.53. The van der Waals surface area contributed by atoms with Crippen molar-refractivity contribution >= 4 is 5.97 Å². The number of methoxy groups -OCH3 is 1. The maximum atomic E-state index is 12.1. The van der Waals surface area contributed by atoms with E-state index < -0.39 is 36.3 Å². The van der Waals surface area contributed by atoms with Crippen molar-refractivity contribution in [3.8, 4) is 12.1 Å². The number of halogens is 3. The van der Waals surface area contributed by atoms with Crippen LogP contribution in [0.5, 0.6) is 0 Å². The Bertz CT molecular complexity index is 351. The van der Waals surface area contributed by atoms with Crippen molar-refractivity contribution in [1.29, 1.82) is 10.5 Å². The summed E-state index contributed by atoms with van der Waals surface area (Å²) >= 11 is 0. The molecule has 0 aliphatic heterocycles. The number of esters is 1. The first-order valence-electron chi connectivity index (χ1n) is 4.69. The molecule has 0 aliphatic rings. The summed E-state index contributed by atoms with van der Waals surface area (Å²) in [5.41, 5.74) is -2.01. The van der Waals surface area contributed by atoms with E-state index in [0.717, 1.165) is 7.11 Å². The molecule has 0 aromatic carbocycles. The van der Waals surface area contributed by atoms with E-state index in [0.29, 0.717) is 0 Å². The molecule has 0 aromatic rings. The van der Waals surface area contributed by atoms with Gasteiger partial charge < -0.3 is 4.74 Å². The van der Waals surface area contributed by atoms with Gasteiger partial charge in [-0.05, 0) is 13.3 Å². The number of alkyl halides is 3. The fourth-order valence-electron chi connectivity index (χ4n) is 1.26. The normalized spacial score (nSPS) is 13.4. The third kappa shape index (κ3) is 3.95. The predicted octanol–water partition coefficient (Wildman–Crippen LogP) is 2.17. The molecule has 0 amide bonds. The second-order valence-electron chi connectivity index (χ2n) is 3.55. The van der Waals surface area contributed by atoms with Crippen molar-refractivity contribution in [3.05, 3.63) is 0 Å². The largest absolute Gasteiger partial charge is 0.469 e. The molecule has 7 heteroatoms. The summed E-state index contributed by atoms with van der Waals surface area (Å²) in [7, 11) is 1.04. The third-order valence-electron chi connectivity index (χ3n) is 2.50. The number of hydrogen-bond donors (Lipinski definition) is 0. The number of ether oxygens (including phenoxy) is 1. The fraction of sp³-hybridized carbons (Fsp3) is 0.700. The maximum Gasteiger partial charge on any atom is 0.389 e. The molecule has 0 saturated heterocycles. The topological polar surface area (TPSA) is 73.9 Å². The quantitative estimate of drug-likeness (QED) is 0.714. The Hall–Kier alpha value is -1.76. The maximum absolute atomic E-state index is 12.1. The van der Waals surface area contributed by atoms with Gasteiger partial charge in [0.1, 0.15) is 0 Å². The molecule has 1 unspecified atom stereocenters. The molecule has 0 aliphatic carbocycles. The zero-order valence-corrected chi connectivity index (χ0v) is 9.34. The molecule has 0 N–H and O–H groups in total. The molecule has 0 aromatic heterocycles. The van der Waals surface area contributed by atoms with Crippen molar-refractivity contribution in [1.82, 2.24) is 0 Å². The van der Waals surface area contributed by atoms with E-state index in [1.807, 2.05) is 0 Å². The van der Waals surface area contributed by atoms with Crippen LogP contribution in [0.15, 0.2) is 0 Å². The average molecular weight is 248 g/mol. The smallest absolute Gasteiger partial charge is 0.389 e. The molecule has 0 heterocycles. The van der Waals surface area contributed by atoms with Crippen LogP contribution in [0.4, 0.5) is 13.2 Å². The van der Waals surface area contributed by atoms with E-state index >= 15 is 0 Å². The van der Waals surface area contributed by atoms with Crippen molar-refractivity contribution in [3.63, 3.8) is 0 Å². The van der Waals surface area contributed by atoms with E-state index in [2.05, 4.69) is 4.74 Å². The first-order valence-corrected chi connectivity index (χ1v) is 4.69. The molecule has 0 rings (SSSR count). The lowest BCUT2D eigenvalue weighted by atomic mass is 9.75. The highest BCUT2D eigenvalue weighted by Crippen LogP contribution is 2.36. The van der Waals surface area contributed by atoms with Gasteiger partial charge in [-0.3, -0.25) is 4.79 Å². The van der Waals surface area contributed by atoms with Gasteiger partial charge in [-0.15, -0.1) is 0 Å². The fourth-order valence-corrected chi connectivity index (χ4v) is 1.26. The highest BCUT2D eigenvalue weighted by molar-refractivity contribution is 5.74. The Kier molecular flexibility index (Phi) is 4.96. The zero-order chi connectivity index (χ0) is 13.7. The Balaban J connectivity index is 5.01. The lowest BCUT2D eigenvalue weighted by Gasteiger charge is -2.24. The highest BCUT2D eigenvalue weighted by atomic mass is 19.4. The van der Waals surface area contributed by atoms with Crippen LogP contribution in [0.3, 0.4) is 0 Å². The number of nitrogens with zero attached hydrogens (tertiary/aromatic N) is 2. The molecular weight excluding hydrogens is 237 g/mol. The Morgan fingerprint density at radius 2 is 1.76 bits per heavy atom. The number of hydrogen-bond acceptors (Lipinski definition) is 4.